The Balaban J connectivity index is 1.74. The summed E-state index contributed by atoms with van der Waals surface area (Å²) in [7, 11) is 0. The molecule has 1 N–H and O–H groups in total. The molecule has 1 unspecified atom stereocenters. The maximum Gasteiger partial charge on any atom is 0.123 e. The van der Waals surface area contributed by atoms with Crippen LogP contribution < -0.4 is 10.1 Å². The van der Waals surface area contributed by atoms with Crippen LogP contribution in [0.1, 0.15) is 37.3 Å². The second-order valence-electron chi connectivity index (χ2n) is 5.98. The smallest absolute Gasteiger partial charge is 0.123 e. The van der Waals surface area contributed by atoms with E-state index in [-0.39, 0.29) is 0 Å². The summed E-state index contributed by atoms with van der Waals surface area (Å²) >= 11 is 0. The lowest BCUT2D eigenvalue weighted by molar-refractivity contribution is 0.185. The van der Waals surface area contributed by atoms with Crippen molar-refractivity contribution in [3.8, 4) is 5.75 Å². The second kappa shape index (κ2) is 7.65. The maximum atomic E-state index is 5.95. The Labute approximate surface area is 122 Å². The van der Waals surface area contributed by atoms with Gasteiger partial charge in [0, 0.05) is 19.7 Å². The Morgan fingerprint density at radius 1 is 1.40 bits per heavy atom. The monoisotopic (exact) mass is 277 g/mol. The predicted octanol–water partition coefficient (Wildman–Crippen LogP) is 3.12. The third-order valence-corrected chi connectivity index (χ3v) is 3.78. The molecule has 112 valence electrons. The number of benzene rings is 1. The molecule has 3 nitrogen and oxygen atoms in total. The molecule has 0 saturated carbocycles. The Kier molecular flexibility index (Phi) is 5.86. The van der Waals surface area contributed by atoms with Gasteiger partial charge in [-0.05, 0) is 42.4 Å². The van der Waals surface area contributed by atoms with Gasteiger partial charge in [-0.1, -0.05) is 26.0 Å². The van der Waals surface area contributed by atoms with Crippen molar-refractivity contribution in [2.24, 2.45) is 5.92 Å². The Morgan fingerprint density at radius 2 is 2.25 bits per heavy atom. The van der Waals surface area contributed by atoms with E-state index < -0.39 is 0 Å². The number of ether oxygens (including phenoxy) is 2. The van der Waals surface area contributed by atoms with E-state index >= 15 is 0 Å². The van der Waals surface area contributed by atoms with Gasteiger partial charge < -0.3 is 14.8 Å². The van der Waals surface area contributed by atoms with Gasteiger partial charge in [-0.2, -0.15) is 0 Å². The van der Waals surface area contributed by atoms with Crippen LogP contribution in [-0.2, 0) is 4.74 Å². The van der Waals surface area contributed by atoms with E-state index in [0.717, 1.165) is 38.7 Å². The number of rotatable bonds is 7. The molecule has 1 atom stereocenters. The van der Waals surface area contributed by atoms with Gasteiger partial charge in [0.2, 0.25) is 0 Å². The van der Waals surface area contributed by atoms with Gasteiger partial charge in [-0.15, -0.1) is 0 Å². The minimum absolute atomic E-state index is 0.495. The van der Waals surface area contributed by atoms with Gasteiger partial charge in [0.15, 0.2) is 0 Å². The highest BCUT2D eigenvalue weighted by Gasteiger charge is 2.14. The molecule has 1 saturated heterocycles. The molecular formula is C17H27NO2. The Morgan fingerprint density at radius 3 is 2.95 bits per heavy atom. The van der Waals surface area contributed by atoms with Crippen molar-refractivity contribution >= 4 is 0 Å². The van der Waals surface area contributed by atoms with Gasteiger partial charge >= 0.3 is 0 Å². The van der Waals surface area contributed by atoms with Gasteiger partial charge in [0.25, 0.3) is 0 Å². The molecule has 1 aliphatic heterocycles. The fourth-order valence-corrected chi connectivity index (χ4v) is 2.53. The predicted molar refractivity (Wildman–Crippen MR) is 82.6 cm³/mol. The largest absolute Gasteiger partial charge is 0.492 e. The van der Waals surface area contributed by atoms with Crippen molar-refractivity contribution in [1.29, 1.82) is 0 Å². The van der Waals surface area contributed by atoms with E-state index in [0.29, 0.717) is 11.8 Å². The first-order valence-electron chi connectivity index (χ1n) is 7.68. The van der Waals surface area contributed by atoms with Gasteiger partial charge in [0.05, 0.1) is 6.61 Å². The molecule has 0 amide bonds. The summed E-state index contributed by atoms with van der Waals surface area (Å²) < 4.78 is 11.3. The number of hydrogen-bond acceptors (Lipinski definition) is 3. The summed E-state index contributed by atoms with van der Waals surface area (Å²) in [5.74, 6) is 2.21. The van der Waals surface area contributed by atoms with Crippen molar-refractivity contribution in [2.75, 3.05) is 32.9 Å². The standard InChI is InChI=1S/C17H27NO2/c1-13(2)16-5-4-14(3)10-17(16)20-9-7-18-11-15-6-8-19-12-15/h4-5,10,13,15,18H,6-9,11-12H2,1-3H3. The molecule has 1 aromatic carbocycles. The van der Waals surface area contributed by atoms with Crippen LogP contribution in [0.2, 0.25) is 0 Å². The van der Waals surface area contributed by atoms with Crippen LogP contribution in [0, 0.1) is 12.8 Å². The van der Waals surface area contributed by atoms with Crippen molar-refractivity contribution in [3.63, 3.8) is 0 Å². The summed E-state index contributed by atoms with van der Waals surface area (Å²) in [6, 6.07) is 6.47. The van der Waals surface area contributed by atoms with Crippen LogP contribution >= 0.6 is 0 Å². The quantitative estimate of drug-likeness (QED) is 0.777. The summed E-state index contributed by atoms with van der Waals surface area (Å²) in [6.45, 7) is 11.0. The number of aryl methyl sites for hydroxylation is 1. The average Bonchev–Trinajstić information content (AvgIpc) is 2.91. The van der Waals surface area contributed by atoms with E-state index in [1.54, 1.807) is 0 Å². The van der Waals surface area contributed by atoms with Crippen LogP contribution in [-0.4, -0.2) is 32.9 Å². The van der Waals surface area contributed by atoms with Crippen molar-refractivity contribution in [3.05, 3.63) is 29.3 Å². The average molecular weight is 277 g/mol. The summed E-state index contributed by atoms with van der Waals surface area (Å²) in [5, 5.41) is 3.46. The molecule has 1 fully saturated rings. The molecule has 1 aromatic rings. The van der Waals surface area contributed by atoms with E-state index in [1.165, 1.54) is 17.5 Å². The first kappa shape index (κ1) is 15.3. The highest BCUT2D eigenvalue weighted by molar-refractivity contribution is 5.39. The number of hydrogen-bond donors (Lipinski definition) is 1. The van der Waals surface area contributed by atoms with Crippen molar-refractivity contribution in [2.45, 2.75) is 33.1 Å². The first-order valence-corrected chi connectivity index (χ1v) is 7.68. The van der Waals surface area contributed by atoms with Crippen LogP contribution in [0.3, 0.4) is 0 Å². The lowest BCUT2D eigenvalue weighted by Crippen LogP contribution is -2.27. The first-order chi connectivity index (χ1) is 9.66. The maximum absolute atomic E-state index is 5.95. The van der Waals surface area contributed by atoms with Gasteiger partial charge in [0.1, 0.15) is 12.4 Å². The normalized spacial score (nSPS) is 18.7. The molecule has 0 aliphatic carbocycles. The summed E-state index contributed by atoms with van der Waals surface area (Å²) in [5.41, 5.74) is 2.54. The highest BCUT2D eigenvalue weighted by Crippen LogP contribution is 2.27. The molecular weight excluding hydrogens is 250 g/mol. The zero-order chi connectivity index (χ0) is 14.4. The summed E-state index contributed by atoms with van der Waals surface area (Å²) in [6.07, 6.45) is 1.18. The highest BCUT2D eigenvalue weighted by atomic mass is 16.5. The minimum Gasteiger partial charge on any atom is -0.492 e. The third kappa shape index (κ3) is 4.50. The Hall–Kier alpha value is -1.06. The second-order valence-corrected chi connectivity index (χ2v) is 5.98. The van der Waals surface area contributed by atoms with Crippen molar-refractivity contribution < 1.29 is 9.47 Å². The zero-order valence-corrected chi connectivity index (χ0v) is 12.9. The van der Waals surface area contributed by atoms with Crippen molar-refractivity contribution in [1.82, 2.24) is 5.32 Å². The van der Waals surface area contributed by atoms with E-state index in [1.807, 2.05) is 0 Å². The van der Waals surface area contributed by atoms with Crippen LogP contribution in [0.15, 0.2) is 18.2 Å². The van der Waals surface area contributed by atoms with Gasteiger partial charge in [-0.25, -0.2) is 0 Å². The molecule has 0 aromatic heterocycles. The molecule has 0 radical (unpaired) electrons. The fraction of sp³-hybridized carbons (Fsp3) is 0.647. The molecule has 0 spiro atoms. The Bertz CT molecular complexity index is 411. The molecule has 3 heteroatoms. The summed E-state index contributed by atoms with van der Waals surface area (Å²) in [4.78, 5) is 0. The SMILES string of the molecule is Cc1ccc(C(C)C)c(OCCNCC2CCOC2)c1. The van der Waals surface area contributed by atoms with Crippen LogP contribution in [0.5, 0.6) is 5.75 Å². The molecule has 1 heterocycles. The van der Waals surface area contributed by atoms with Crippen LogP contribution in [0.25, 0.3) is 0 Å². The third-order valence-electron chi connectivity index (χ3n) is 3.78. The van der Waals surface area contributed by atoms with E-state index in [4.69, 9.17) is 9.47 Å². The fourth-order valence-electron chi connectivity index (χ4n) is 2.53. The van der Waals surface area contributed by atoms with E-state index in [2.05, 4.69) is 44.3 Å². The molecule has 0 bridgehead atoms. The van der Waals surface area contributed by atoms with Gasteiger partial charge in [-0.3, -0.25) is 0 Å². The minimum atomic E-state index is 0.495. The van der Waals surface area contributed by atoms with Crippen LogP contribution in [0.4, 0.5) is 0 Å². The lowest BCUT2D eigenvalue weighted by Gasteiger charge is -2.15. The molecule has 1 aliphatic rings. The zero-order valence-electron chi connectivity index (χ0n) is 12.9. The topological polar surface area (TPSA) is 30.5 Å². The molecule has 2 rings (SSSR count). The lowest BCUT2D eigenvalue weighted by atomic mass is 10.0. The van der Waals surface area contributed by atoms with E-state index in [9.17, 15) is 0 Å². The number of nitrogens with one attached hydrogen (secondary N) is 1. The molecule has 20 heavy (non-hydrogen) atoms.